The Morgan fingerprint density at radius 1 is 1.24 bits per heavy atom. The van der Waals surface area contributed by atoms with Crippen LogP contribution in [-0.4, -0.2) is 18.9 Å². The molecule has 0 saturated heterocycles. The number of rotatable bonds is 5. The molecule has 2 amide bonds. The number of nitrogens with one attached hydrogen (secondary N) is 2. The van der Waals surface area contributed by atoms with E-state index in [9.17, 15) is 9.59 Å². The third-order valence-electron chi connectivity index (χ3n) is 2.71. The van der Waals surface area contributed by atoms with Gasteiger partial charge in [0.15, 0.2) is 0 Å². The number of methoxy groups -OCH3 is 1. The molecule has 2 rings (SSSR count). The Kier molecular flexibility index (Phi) is 4.94. The summed E-state index contributed by atoms with van der Waals surface area (Å²) in [4.78, 5) is 24.1. The third-order valence-corrected chi connectivity index (χ3v) is 3.59. The van der Waals surface area contributed by atoms with E-state index in [1.807, 2.05) is 17.5 Å². The van der Waals surface area contributed by atoms with Crippen molar-refractivity contribution in [3.05, 3.63) is 40.6 Å². The quantitative estimate of drug-likeness (QED) is 0.892. The Morgan fingerprint density at radius 2 is 2.05 bits per heavy atom. The molecule has 0 unspecified atom stereocenters. The highest BCUT2D eigenvalue weighted by molar-refractivity contribution is 7.10. The number of hydrogen-bond acceptors (Lipinski definition) is 4. The number of amides is 2. The molecule has 21 heavy (non-hydrogen) atoms. The summed E-state index contributed by atoms with van der Waals surface area (Å²) >= 11 is 1.54. The average molecular weight is 304 g/mol. The number of carbonyl (C=O) groups excluding carboxylic acids is 2. The zero-order chi connectivity index (χ0) is 15.2. The van der Waals surface area contributed by atoms with Crippen LogP contribution in [0.5, 0.6) is 5.75 Å². The lowest BCUT2D eigenvalue weighted by atomic mass is 10.2. The van der Waals surface area contributed by atoms with Gasteiger partial charge in [-0.05, 0) is 29.6 Å². The summed E-state index contributed by atoms with van der Waals surface area (Å²) in [7, 11) is 1.52. The number of hydrogen-bond donors (Lipinski definition) is 2. The van der Waals surface area contributed by atoms with E-state index < -0.39 is 0 Å². The molecule has 0 atom stereocenters. The molecule has 5 nitrogen and oxygen atoms in total. The summed E-state index contributed by atoms with van der Waals surface area (Å²) in [5, 5.41) is 7.41. The van der Waals surface area contributed by atoms with Crippen molar-refractivity contribution in [2.24, 2.45) is 0 Å². The highest BCUT2D eigenvalue weighted by Crippen LogP contribution is 2.28. The van der Waals surface area contributed by atoms with Gasteiger partial charge in [0.25, 0.3) is 0 Å². The molecule has 0 aliphatic rings. The van der Waals surface area contributed by atoms with Crippen LogP contribution in [0, 0.1) is 0 Å². The van der Waals surface area contributed by atoms with Gasteiger partial charge >= 0.3 is 0 Å². The van der Waals surface area contributed by atoms with Gasteiger partial charge in [0.1, 0.15) is 5.75 Å². The van der Waals surface area contributed by atoms with Crippen LogP contribution in [0.1, 0.15) is 11.8 Å². The van der Waals surface area contributed by atoms with E-state index in [1.165, 1.54) is 14.0 Å². The second kappa shape index (κ2) is 6.90. The van der Waals surface area contributed by atoms with Crippen LogP contribution in [0.15, 0.2) is 35.7 Å². The Morgan fingerprint density at radius 3 is 2.67 bits per heavy atom. The van der Waals surface area contributed by atoms with Crippen molar-refractivity contribution in [1.82, 2.24) is 0 Å². The van der Waals surface area contributed by atoms with Crippen molar-refractivity contribution in [3.63, 3.8) is 0 Å². The number of anilines is 2. The molecule has 0 saturated carbocycles. The molecule has 0 spiro atoms. The fraction of sp³-hybridized carbons (Fsp3) is 0.200. The van der Waals surface area contributed by atoms with Crippen LogP contribution in [0.25, 0.3) is 0 Å². The normalized spacial score (nSPS) is 10.0. The zero-order valence-corrected chi connectivity index (χ0v) is 12.6. The smallest absolute Gasteiger partial charge is 0.229 e. The fourth-order valence-corrected chi connectivity index (χ4v) is 2.55. The van der Waals surface area contributed by atoms with Gasteiger partial charge in [-0.3, -0.25) is 9.59 Å². The van der Waals surface area contributed by atoms with Crippen molar-refractivity contribution in [3.8, 4) is 5.75 Å². The first-order valence-electron chi connectivity index (χ1n) is 6.36. The minimum absolute atomic E-state index is 0.101. The number of thiophene rings is 1. The van der Waals surface area contributed by atoms with Gasteiger partial charge < -0.3 is 15.4 Å². The van der Waals surface area contributed by atoms with Crippen molar-refractivity contribution in [1.29, 1.82) is 0 Å². The predicted molar refractivity (Wildman–Crippen MR) is 84.0 cm³/mol. The largest absolute Gasteiger partial charge is 0.495 e. The maximum Gasteiger partial charge on any atom is 0.229 e. The van der Waals surface area contributed by atoms with Crippen LogP contribution < -0.4 is 15.4 Å². The minimum atomic E-state index is -0.199. The Balaban J connectivity index is 2.09. The van der Waals surface area contributed by atoms with Crippen LogP contribution in [0.2, 0.25) is 0 Å². The monoisotopic (exact) mass is 304 g/mol. The lowest BCUT2D eigenvalue weighted by Gasteiger charge is -2.11. The first kappa shape index (κ1) is 15.1. The molecule has 0 bridgehead atoms. The molecule has 2 aromatic rings. The second-order valence-electron chi connectivity index (χ2n) is 4.40. The van der Waals surface area contributed by atoms with Crippen molar-refractivity contribution in [2.75, 3.05) is 17.7 Å². The molecule has 6 heteroatoms. The van der Waals surface area contributed by atoms with E-state index >= 15 is 0 Å². The van der Waals surface area contributed by atoms with Gasteiger partial charge in [-0.15, -0.1) is 11.3 Å². The molecule has 0 radical (unpaired) electrons. The topological polar surface area (TPSA) is 67.4 Å². The van der Waals surface area contributed by atoms with Crippen LogP contribution >= 0.6 is 11.3 Å². The number of ether oxygens (including phenoxy) is 1. The molecule has 1 aromatic carbocycles. The highest BCUT2D eigenvalue weighted by atomic mass is 32.1. The van der Waals surface area contributed by atoms with E-state index in [0.717, 1.165) is 4.88 Å². The summed E-state index contributed by atoms with van der Waals surface area (Å²) in [5.74, 6) is 0.244. The highest BCUT2D eigenvalue weighted by Gasteiger charge is 2.09. The average Bonchev–Trinajstić information content (AvgIpc) is 2.91. The third kappa shape index (κ3) is 4.32. The molecule has 0 fully saturated rings. The second-order valence-corrected chi connectivity index (χ2v) is 5.43. The van der Waals surface area contributed by atoms with Gasteiger partial charge in [0, 0.05) is 17.5 Å². The van der Waals surface area contributed by atoms with Gasteiger partial charge in [-0.1, -0.05) is 6.07 Å². The van der Waals surface area contributed by atoms with Crippen LogP contribution in [-0.2, 0) is 16.0 Å². The predicted octanol–water partition coefficient (Wildman–Crippen LogP) is 2.90. The lowest BCUT2D eigenvalue weighted by molar-refractivity contribution is -0.115. The SMILES string of the molecule is COc1ccc(NC(=O)Cc2cccs2)cc1NC(C)=O. The van der Waals surface area contributed by atoms with Crippen LogP contribution in [0.4, 0.5) is 11.4 Å². The maximum absolute atomic E-state index is 11.9. The summed E-state index contributed by atoms with van der Waals surface area (Å²) < 4.78 is 5.17. The first-order chi connectivity index (χ1) is 10.1. The molecule has 0 aliphatic carbocycles. The van der Waals surface area contributed by atoms with Crippen molar-refractivity contribution in [2.45, 2.75) is 13.3 Å². The van der Waals surface area contributed by atoms with Gasteiger partial charge in [-0.25, -0.2) is 0 Å². The van der Waals surface area contributed by atoms with Crippen molar-refractivity contribution >= 4 is 34.5 Å². The lowest BCUT2D eigenvalue weighted by Crippen LogP contribution is -2.14. The Bertz CT molecular complexity index is 638. The first-order valence-corrected chi connectivity index (χ1v) is 7.24. The summed E-state index contributed by atoms with van der Waals surface area (Å²) in [5.41, 5.74) is 1.14. The van der Waals surface area contributed by atoms with Gasteiger partial charge in [-0.2, -0.15) is 0 Å². The van der Waals surface area contributed by atoms with Crippen LogP contribution in [0.3, 0.4) is 0 Å². The zero-order valence-electron chi connectivity index (χ0n) is 11.8. The summed E-state index contributed by atoms with van der Waals surface area (Å²) in [6, 6.07) is 8.94. The molecule has 2 N–H and O–H groups in total. The molecule has 1 heterocycles. The fourth-order valence-electron chi connectivity index (χ4n) is 1.85. The molecule has 110 valence electrons. The Hall–Kier alpha value is -2.34. The van der Waals surface area contributed by atoms with Gasteiger partial charge in [0.05, 0.1) is 19.2 Å². The van der Waals surface area contributed by atoms with E-state index in [4.69, 9.17) is 4.74 Å². The van der Waals surface area contributed by atoms with Crippen molar-refractivity contribution < 1.29 is 14.3 Å². The van der Waals surface area contributed by atoms with Gasteiger partial charge in [0.2, 0.25) is 11.8 Å². The molecule has 0 aliphatic heterocycles. The summed E-state index contributed by atoms with van der Waals surface area (Å²) in [6.07, 6.45) is 0.333. The van der Waals surface area contributed by atoms with E-state index in [-0.39, 0.29) is 11.8 Å². The standard InChI is InChI=1S/C15H16N2O3S/c1-10(18)16-13-8-11(5-6-14(13)20-2)17-15(19)9-12-4-3-7-21-12/h3-8H,9H2,1-2H3,(H,16,18)(H,17,19). The molecular weight excluding hydrogens is 288 g/mol. The molecule has 1 aromatic heterocycles. The summed E-state index contributed by atoms with van der Waals surface area (Å²) in [6.45, 7) is 1.42. The van der Waals surface area contributed by atoms with E-state index in [0.29, 0.717) is 23.5 Å². The minimum Gasteiger partial charge on any atom is -0.495 e. The number of benzene rings is 1. The van der Waals surface area contributed by atoms with E-state index in [1.54, 1.807) is 29.5 Å². The maximum atomic E-state index is 11.9. The van der Waals surface area contributed by atoms with E-state index in [2.05, 4.69) is 10.6 Å². The molecular formula is C15H16N2O3S. The number of carbonyl (C=O) groups is 2. The Labute approximate surface area is 126 Å².